The first-order chi connectivity index (χ1) is 10.7. The molecule has 2 saturated heterocycles. The molecule has 2 fully saturated rings. The Kier molecular flexibility index (Phi) is 3.01. The number of carbonyl (C=O) groups excluding carboxylic acids is 2. The van der Waals surface area contributed by atoms with Crippen LogP contribution in [-0.2, 0) is 19.9 Å². The van der Waals surface area contributed by atoms with Crippen molar-refractivity contribution >= 4 is 17.6 Å². The molecule has 4 atom stereocenters. The first-order valence-electron chi connectivity index (χ1n) is 8.12. The summed E-state index contributed by atoms with van der Waals surface area (Å²) in [5.41, 5.74) is 1.35. The highest BCUT2D eigenvalue weighted by molar-refractivity contribution is 6.05. The fraction of sp³-hybridized carbons (Fsp3) is 0.529. The number of rotatable bonds is 2. The van der Waals surface area contributed by atoms with Crippen LogP contribution in [0, 0.1) is 5.92 Å². The van der Waals surface area contributed by atoms with E-state index in [1.807, 2.05) is 31.2 Å². The van der Waals surface area contributed by atoms with Crippen LogP contribution in [0.5, 0.6) is 0 Å². The highest BCUT2D eigenvalue weighted by Crippen LogP contribution is 2.44. The second-order valence-electron chi connectivity index (χ2n) is 6.49. The fourth-order valence-corrected chi connectivity index (χ4v) is 4.78. The standard InChI is InChI=1S/C17H20N2O3/c1-2-22-15(20)11-10-17(19-9-5-8-14(11)19)12-6-3-4-7-13(12)18-16(17)21/h3-4,6-7,11,14H,2,5,8-10H2,1H3,(H,18,21)/p+1/t11-,14+,17+/m1/s1. The average Bonchev–Trinajstić information content (AvgIpc) is 3.16. The zero-order valence-electron chi connectivity index (χ0n) is 12.7. The third-order valence-electron chi connectivity index (χ3n) is 5.58. The third-order valence-corrected chi connectivity index (χ3v) is 5.58. The van der Waals surface area contributed by atoms with Gasteiger partial charge in [-0.3, -0.25) is 9.59 Å². The molecular formula is C17H21N2O3+. The smallest absolute Gasteiger partial charge is 0.315 e. The van der Waals surface area contributed by atoms with E-state index in [0.29, 0.717) is 13.0 Å². The normalized spacial score (nSPS) is 35.3. The van der Waals surface area contributed by atoms with Crippen LogP contribution in [0.25, 0.3) is 0 Å². The lowest BCUT2D eigenvalue weighted by atomic mass is 9.84. The molecule has 2 N–H and O–H groups in total. The van der Waals surface area contributed by atoms with Crippen LogP contribution in [0.15, 0.2) is 24.3 Å². The molecule has 0 saturated carbocycles. The summed E-state index contributed by atoms with van der Waals surface area (Å²) in [7, 11) is 0. The van der Waals surface area contributed by atoms with Gasteiger partial charge in [0.05, 0.1) is 18.8 Å². The maximum Gasteiger partial charge on any atom is 0.315 e. The van der Waals surface area contributed by atoms with Crippen LogP contribution in [0.4, 0.5) is 5.69 Å². The number of fused-ring (bicyclic) bond motifs is 4. The number of quaternary nitrogens is 1. The summed E-state index contributed by atoms with van der Waals surface area (Å²) in [5.74, 6) is -0.266. The van der Waals surface area contributed by atoms with Crippen molar-refractivity contribution in [1.82, 2.24) is 0 Å². The first-order valence-corrected chi connectivity index (χ1v) is 8.12. The van der Waals surface area contributed by atoms with E-state index in [1.54, 1.807) is 0 Å². The molecule has 0 aliphatic carbocycles. The highest BCUT2D eigenvalue weighted by Gasteiger charge is 2.67. The lowest BCUT2D eigenvalue weighted by Crippen LogP contribution is -3.19. The van der Waals surface area contributed by atoms with Gasteiger partial charge in [0.15, 0.2) is 0 Å². The minimum Gasteiger partial charge on any atom is -0.466 e. The number of esters is 1. The Morgan fingerprint density at radius 3 is 3.09 bits per heavy atom. The largest absolute Gasteiger partial charge is 0.466 e. The van der Waals surface area contributed by atoms with Crippen LogP contribution in [0.2, 0.25) is 0 Å². The van der Waals surface area contributed by atoms with Crippen molar-refractivity contribution in [3.8, 4) is 0 Å². The minimum absolute atomic E-state index is 0.0439. The number of nitrogens with one attached hydrogen (secondary N) is 2. The zero-order valence-corrected chi connectivity index (χ0v) is 12.7. The molecule has 22 heavy (non-hydrogen) atoms. The average molecular weight is 301 g/mol. The maximum atomic E-state index is 12.8. The van der Waals surface area contributed by atoms with Gasteiger partial charge < -0.3 is 15.0 Å². The third kappa shape index (κ3) is 1.63. The van der Waals surface area contributed by atoms with Crippen LogP contribution < -0.4 is 10.2 Å². The number of amides is 1. The summed E-state index contributed by atoms with van der Waals surface area (Å²) in [6.07, 6.45) is 2.62. The number of hydrogen-bond acceptors (Lipinski definition) is 3. The van der Waals surface area contributed by atoms with Crippen molar-refractivity contribution in [3.63, 3.8) is 0 Å². The number of anilines is 1. The van der Waals surface area contributed by atoms with E-state index in [-0.39, 0.29) is 23.8 Å². The quantitative estimate of drug-likeness (QED) is 0.781. The highest BCUT2D eigenvalue weighted by atomic mass is 16.5. The molecule has 0 radical (unpaired) electrons. The predicted octanol–water partition coefficient (Wildman–Crippen LogP) is 0.464. The Bertz CT molecular complexity index is 645. The molecule has 1 spiro atoms. The van der Waals surface area contributed by atoms with E-state index in [0.717, 1.165) is 30.6 Å². The molecular weight excluding hydrogens is 280 g/mol. The van der Waals surface area contributed by atoms with Crippen LogP contribution >= 0.6 is 0 Å². The van der Waals surface area contributed by atoms with Gasteiger partial charge in [-0.2, -0.15) is 0 Å². The van der Waals surface area contributed by atoms with Gasteiger partial charge in [-0.25, -0.2) is 0 Å². The van der Waals surface area contributed by atoms with E-state index < -0.39 is 5.54 Å². The number of ether oxygens (including phenoxy) is 1. The molecule has 5 nitrogen and oxygen atoms in total. The van der Waals surface area contributed by atoms with Crippen molar-refractivity contribution in [2.24, 2.45) is 5.92 Å². The van der Waals surface area contributed by atoms with Crippen molar-refractivity contribution in [2.75, 3.05) is 18.5 Å². The minimum atomic E-state index is -0.602. The molecule has 0 aromatic heterocycles. The Morgan fingerprint density at radius 2 is 2.27 bits per heavy atom. The van der Waals surface area contributed by atoms with Crippen LogP contribution in [0.1, 0.15) is 31.7 Å². The molecule has 116 valence electrons. The molecule has 5 heteroatoms. The summed E-state index contributed by atoms with van der Waals surface area (Å²) < 4.78 is 5.28. The summed E-state index contributed by atoms with van der Waals surface area (Å²) >= 11 is 0. The molecule has 3 aliphatic rings. The monoisotopic (exact) mass is 301 g/mol. The topological polar surface area (TPSA) is 59.8 Å². The Balaban J connectivity index is 1.79. The van der Waals surface area contributed by atoms with Gasteiger partial charge in [0.2, 0.25) is 5.54 Å². The van der Waals surface area contributed by atoms with Crippen molar-refractivity contribution in [1.29, 1.82) is 0 Å². The van der Waals surface area contributed by atoms with Gasteiger partial charge in [-0.05, 0) is 13.0 Å². The van der Waals surface area contributed by atoms with Crippen molar-refractivity contribution < 1.29 is 19.2 Å². The second-order valence-corrected chi connectivity index (χ2v) is 6.49. The zero-order chi connectivity index (χ0) is 15.3. The summed E-state index contributed by atoms with van der Waals surface area (Å²) in [6, 6.07) is 8.10. The maximum absolute atomic E-state index is 12.8. The van der Waals surface area contributed by atoms with Gasteiger partial charge >= 0.3 is 5.97 Å². The molecule has 0 bridgehead atoms. The van der Waals surface area contributed by atoms with Gasteiger partial charge in [0.25, 0.3) is 5.91 Å². The second kappa shape index (κ2) is 4.81. The van der Waals surface area contributed by atoms with Crippen molar-refractivity contribution in [3.05, 3.63) is 29.8 Å². The van der Waals surface area contributed by atoms with Crippen molar-refractivity contribution in [2.45, 2.75) is 37.8 Å². The molecule has 3 heterocycles. The van der Waals surface area contributed by atoms with Gasteiger partial charge in [-0.15, -0.1) is 0 Å². The number of benzene rings is 1. The summed E-state index contributed by atoms with van der Waals surface area (Å²) in [5, 5.41) is 3.02. The van der Waals surface area contributed by atoms with E-state index in [2.05, 4.69) is 5.32 Å². The summed E-state index contributed by atoms with van der Waals surface area (Å²) in [6.45, 7) is 3.18. The number of hydrogen-bond donors (Lipinski definition) is 2. The Hall–Kier alpha value is -1.88. The lowest BCUT2D eigenvalue weighted by molar-refractivity contribution is -0.947. The van der Waals surface area contributed by atoms with E-state index >= 15 is 0 Å². The predicted molar refractivity (Wildman–Crippen MR) is 80.3 cm³/mol. The molecule has 1 aromatic rings. The number of carbonyl (C=O) groups is 2. The van der Waals surface area contributed by atoms with Crippen LogP contribution in [0.3, 0.4) is 0 Å². The fourth-order valence-electron chi connectivity index (χ4n) is 4.78. The van der Waals surface area contributed by atoms with E-state index in [1.165, 1.54) is 4.90 Å². The first kappa shape index (κ1) is 13.8. The summed E-state index contributed by atoms with van der Waals surface area (Å²) in [4.78, 5) is 26.5. The van der Waals surface area contributed by atoms with Gasteiger partial charge in [-0.1, -0.05) is 18.2 Å². The van der Waals surface area contributed by atoms with Crippen LogP contribution in [-0.4, -0.2) is 31.1 Å². The molecule has 1 amide bonds. The van der Waals surface area contributed by atoms with Gasteiger partial charge in [0.1, 0.15) is 12.0 Å². The molecule has 1 unspecified atom stereocenters. The lowest BCUT2D eigenvalue weighted by Gasteiger charge is -2.29. The molecule has 4 rings (SSSR count). The van der Waals surface area contributed by atoms with Gasteiger partial charge in [0, 0.05) is 24.8 Å². The number of para-hydroxylation sites is 1. The Labute approximate surface area is 129 Å². The molecule has 3 aliphatic heterocycles. The Morgan fingerprint density at radius 1 is 1.45 bits per heavy atom. The van der Waals surface area contributed by atoms with E-state index in [4.69, 9.17) is 4.74 Å². The van der Waals surface area contributed by atoms with E-state index in [9.17, 15) is 9.59 Å². The molecule has 1 aromatic carbocycles. The SMILES string of the molecule is CCOC(=O)[C@@H]1C[C@]2(C(=O)Nc3ccccc32)[NH+]2CCC[C@@H]12.